The quantitative estimate of drug-likeness (QED) is 0.533. The van der Waals surface area contributed by atoms with Crippen LogP contribution < -0.4 is 15.4 Å². The van der Waals surface area contributed by atoms with Crippen LogP contribution in [-0.2, 0) is 11.2 Å². The molecular formula is C21H20N4O4. The number of nitrogens with zero attached hydrogens (tertiary/aromatic N) is 1. The number of aliphatic hydroxyl groups excluding tert-OH is 1. The first-order valence-corrected chi connectivity index (χ1v) is 9.24. The first kappa shape index (κ1) is 18.7. The van der Waals surface area contributed by atoms with E-state index in [-0.39, 0.29) is 5.91 Å². The Balaban J connectivity index is 1.43. The van der Waals surface area contributed by atoms with Gasteiger partial charge >= 0.3 is 0 Å². The van der Waals surface area contributed by atoms with Crippen molar-refractivity contribution in [3.8, 4) is 5.75 Å². The molecule has 4 rings (SSSR count). The standard InChI is InChI=1S/C21H20N4O4/c26-19(17-11-22-12-23-17)21(28)25-16-5-1-4-15(10-16)24-20(27)14-6-7-18-13(9-14)3-2-8-29-18/h1,4-7,9-12,19,26H,2-3,8H2,(H,22,23)(H,24,27)(H,25,28). The fourth-order valence-corrected chi connectivity index (χ4v) is 3.15. The highest BCUT2D eigenvalue weighted by Gasteiger charge is 2.19. The van der Waals surface area contributed by atoms with Crippen LogP contribution in [0.25, 0.3) is 0 Å². The Morgan fingerprint density at radius 3 is 2.76 bits per heavy atom. The summed E-state index contributed by atoms with van der Waals surface area (Å²) in [5.74, 6) is -0.0277. The van der Waals surface area contributed by atoms with Crippen molar-refractivity contribution in [2.45, 2.75) is 18.9 Å². The molecule has 0 bridgehead atoms. The van der Waals surface area contributed by atoms with Gasteiger partial charge in [0.15, 0.2) is 6.10 Å². The van der Waals surface area contributed by atoms with Gasteiger partial charge in [-0.2, -0.15) is 0 Å². The predicted octanol–water partition coefficient (Wildman–Crippen LogP) is 2.66. The van der Waals surface area contributed by atoms with Gasteiger partial charge in [-0.3, -0.25) is 9.59 Å². The van der Waals surface area contributed by atoms with Gasteiger partial charge in [0, 0.05) is 16.9 Å². The van der Waals surface area contributed by atoms with Gasteiger partial charge in [-0.15, -0.1) is 0 Å². The third-order valence-electron chi connectivity index (χ3n) is 4.62. The van der Waals surface area contributed by atoms with Gasteiger partial charge in [0.1, 0.15) is 5.75 Å². The number of nitrogens with one attached hydrogen (secondary N) is 3. The number of fused-ring (bicyclic) bond motifs is 1. The van der Waals surface area contributed by atoms with Gasteiger partial charge < -0.3 is 25.5 Å². The summed E-state index contributed by atoms with van der Waals surface area (Å²) >= 11 is 0. The highest BCUT2D eigenvalue weighted by atomic mass is 16.5. The predicted molar refractivity (Wildman–Crippen MR) is 107 cm³/mol. The van der Waals surface area contributed by atoms with E-state index in [0.717, 1.165) is 24.2 Å². The topological polar surface area (TPSA) is 116 Å². The Kier molecular flexibility index (Phi) is 5.26. The van der Waals surface area contributed by atoms with Crippen molar-refractivity contribution in [3.63, 3.8) is 0 Å². The lowest BCUT2D eigenvalue weighted by atomic mass is 10.0. The highest BCUT2D eigenvalue weighted by Crippen LogP contribution is 2.26. The summed E-state index contributed by atoms with van der Waals surface area (Å²) in [6.45, 7) is 0.701. The van der Waals surface area contributed by atoms with Crippen LogP contribution in [0.15, 0.2) is 55.0 Å². The molecular weight excluding hydrogens is 372 g/mol. The van der Waals surface area contributed by atoms with Crippen molar-refractivity contribution in [1.82, 2.24) is 9.97 Å². The van der Waals surface area contributed by atoms with Crippen LogP contribution in [0.1, 0.15) is 34.1 Å². The number of rotatable bonds is 5. The summed E-state index contributed by atoms with van der Waals surface area (Å²) in [5, 5.41) is 15.5. The second kappa shape index (κ2) is 8.15. The maximum absolute atomic E-state index is 12.6. The maximum atomic E-state index is 12.6. The lowest BCUT2D eigenvalue weighted by Gasteiger charge is -2.17. The average Bonchev–Trinajstić information content (AvgIpc) is 3.28. The van der Waals surface area contributed by atoms with E-state index in [0.29, 0.717) is 29.2 Å². The minimum atomic E-state index is -1.37. The van der Waals surface area contributed by atoms with Gasteiger partial charge in [-0.25, -0.2) is 4.98 Å². The van der Waals surface area contributed by atoms with E-state index >= 15 is 0 Å². The molecule has 0 saturated heterocycles. The molecule has 148 valence electrons. The Bertz CT molecular complexity index is 1030. The van der Waals surface area contributed by atoms with Crippen molar-refractivity contribution in [2.75, 3.05) is 17.2 Å². The number of benzene rings is 2. The molecule has 8 nitrogen and oxygen atoms in total. The van der Waals surface area contributed by atoms with Crippen LogP contribution in [-0.4, -0.2) is 33.5 Å². The maximum Gasteiger partial charge on any atom is 0.259 e. The van der Waals surface area contributed by atoms with E-state index in [1.54, 1.807) is 30.3 Å². The van der Waals surface area contributed by atoms with Gasteiger partial charge in [-0.1, -0.05) is 6.07 Å². The number of carbonyl (C=O) groups is 2. The largest absolute Gasteiger partial charge is 0.493 e. The Morgan fingerprint density at radius 2 is 1.97 bits per heavy atom. The van der Waals surface area contributed by atoms with Crippen molar-refractivity contribution < 1.29 is 19.4 Å². The molecule has 2 aromatic carbocycles. The Hall–Kier alpha value is -3.65. The zero-order chi connectivity index (χ0) is 20.2. The number of hydrogen-bond donors (Lipinski definition) is 4. The fourth-order valence-electron chi connectivity index (χ4n) is 3.15. The molecule has 0 spiro atoms. The summed E-state index contributed by atoms with van der Waals surface area (Å²) in [7, 11) is 0. The monoisotopic (exact) mass is 392 g/mol. The molecule has 1 aromatic heterocycles. The number of H-pyrrole nitrogens is 1. The number of amides is 2. The molecule has 2 amide bonds. The molecule has 8 heteroatoms. The lowest BCUT2D eigenvalue weighted by molar-refractivity contribution is -0.124. The van der Waals surface area contributed by atoms with Gasteiger partial charge in [0.05, 0.1) is 24.8 Å². The Morgan fingerprint density at radius 1 is 1.14 bits per heavy atom. The molecule has 3 aromatic rings. The lowest BCUT2D eigenvalue weighted by Crippen LogP contribution is -2.21. The van der Waals surface area contributed by atoms with E-state index < -0.39 is 12.0 Å². The van der Waals surface area contributed by atoms with Crippen molar-refractivity contribution >= 4 is 23.2 Å². The fraction of sp³-hybridized carbons (Fsp3) is 0.190. The first-order chi connectivity index (χ1) is 14.1. The van der Waals surface area contributed by atoms with Crippen LogP contribution in [0.3, 0.4) is 0 Å². The minimum absolute atomic E-state index is 0.251. The van der Waals surface area contributed by atoms with E-state index in [4.69, 9.17) is 4.74 Å². The number of anilines is 2. The van der Waals surface area contributed by atoms with Gasteiger partial charge in [-0.05, 0) is 54.8 Å². The molecule has 1 atom stereocenters. The second-order valence-electron chi connectivity index (χ2n) is 6.71. The number of hydrogen-bond acceptors (Lipinski definition) is 5. The number of imidazole rings is 1. The van der Waals surface area contributed by atoms with Crippen molar-refractivity contribution in [2.24, 2.45) is 0 Å². The van der Waals surface area contributed by atoms with Crippen molar-refractivity contribution in [3.05, 3.63) is 71.8 Å². The number of aromatic nitrogens is 2. The number of aromatic amines is 1. The van der Waals surface area contributed by atoms with Gasteiger partial charge in [0.25, 0.3) is 11.8 Å². The second-order valence-corrected chi connectivity index (χ2v) is 6.71. The smallest absolute Gasteiger partial charge is 0.259 e. The molecule has 1 aliphatic rings. The molecule has 2 heterocycles. The summed E-state index contributed by atoms with van der Waals surface area (Å²) in [5.41, 5.74) is 2.84. The molecule has 0 aliphatic carbocycles. The summed E-state index contributed by atoms with van der Waals surface area (Å²) in [6, 6.07) is 12.1. The molecule has 1 aliphatic heterocycles. The van der Waals surface area contributed by atoms with E-state index in [1.807, 2.05) is 12.1 Å². The summed E-state index contributed by atoms with van der Waals surface area (Å²) in [6.07, 6.45) is 3.22. The van der Waals surface area contributed by atoms with Crippen LogP contribution >= 0.6 is 0 Å². The minimum Gasteiger partial charge on any atom is -0.493 e. The molecule has 0 saturated carbocycles. The SMILES string of the molecule is O=C(Nc1cccc(NC(=O)C(O)c2cnc[nH]2)c1)c1ccc2c(c1)CCCO2. The molecule has 0 fully saturated rings. The summed E-state index contributed by atoms with van der Waals surface area (Å²) < 4.78 is 5.58. The zero-order valence-electron chi connectivity index (χ0n) is 15.5. The molecule has 0 radical (unpaired) electrons. The molecule has 29 heavy (non-hydrogen) atoms. The van der Waals surface area contributed by atoms with Crippen molar-refractivity contribution in [1.29, 1.82) is 0 Å². The van der Waals surface area contributed by atoms with Crippen LogP contribution in [0.4, 0.5) is 11.4 Å². The Labute approximate surface area is 166 Å². The van der Waals surface area contributed by atoms with E-state index in [2.05, 4.69) is 20.6 Å². The molecule has 4 N–H and O–H groups in total. The number of aryl methyl sites for hydroxylation is 1. The highest BCUT2D eigenvalue weighted by molar-refractivity contribution is 6.05. The molecule has 1 unspecified atom stereocenters. The van der Waals surface area contributed by atoms with E-state index in [9.17, 15) is 14.7 Å². The number of carbonyl (C=O) groups excluding carboxylic acids is 2. The third-order valence-corrected chi connectivity index (χ3v) is 4.62. The zero-order valence-corrected chi connectivity index (χ0v) is 15.5. The third kappa shape index (κ3) is 4.27. The van der Waals surface area contributed by atoms with Crippen LogP contribution in [0.5, 0.6) is 5.75 Å². The van der Waals surface area contributed by atoms with Gasteiger partial charge in [0.2, 0.25) is 0 Å². The number of aliphatic hydroxyl groups is 1. The number of ether oxygens (including phenoxy) is 1. The average molecular weight is 392 g/mol. The van der Waals surface area contributed by atoms with E-state index in [1.165, 1.54) is 12.5 Å². The van der Waals surface area contributed by atoms with Crippen LogP contribution in [0.2, 0.25) is 0 Å². The summed E-state index contributed by atoms with van der Waals surface area (Å²) in [4.78, 5) is 31.3. The first-order valence-electron chi connectivity index (χ1n) is 9.24. The van der Waals surface area contributed by atoms with Crippen LogP contribution in [0, 0.1) is 0 Å². The normalized spacial score (nSPS) is 13.7.